The van der Waals surface area contributed by atoms with Crippen molar-refractivity contribution in [3.05, 3.63) is 47.4 Å². The van der Waals surface area contributed by atoms with Gasteiger partial charge in [0.25, 0.3) is 5.91 Å². The van der Waals surface area contributed by atoms with E-state index in [4.69, 9.17) is 9.97 Å². The van der Waals surface area contributed by atoms with Gasteiger partial charge in [0.1, 0.15) is 11.5 Å². The minimum atomic E-state index is -0.154. The van der Waals surface area contributed by atoms with Gasteiger partial charge < -0.3 is 15.5 Å². The molecule has 0 spiro atoms. The van der Waals surface area contributed by atoms with Gasteiger partial charge in [-0.25, -0.2) is 9.97 Å². The summed E-state index contributed by atoms with van der Waals surface area (Å²) in [6, 6.07) is 8.05. The van der Waals surface area contributed by atoms with Gasteiger partial charge >= 0.3 is 0 Å². The fraction of sp³-hybridized carbons (Fsp3) is 0.480. The molecule has 0 saturated heterocycles. The lowest BCUT2D eigenvalue weighted by Gasteiger charge is -2.30. The number of carbonyl (C=O) groups excluding carboxylic acids is 1. The first-order valence-electron chi connectivity index (χ1n) is 11.9. The van der Waals surface area contributed by atoms with Crippen molar-refractivity contribution in [2.24, 2.45) is 0 Å². The number of benzene rings is 1. The molecule has 5 rings (SSSR count). The van der Waals surface area contributed by atoms with E-state index in [1.54, 1.807) is 6.20 Å². The number of aromatic nitrogens is 4. The van der Waals surface area contributed by atoms with Crippen LogP contribution >= 0.6 is 0 Å². The molecule has 1 amide bonds. The molecule has 2 N–H and O–H groups in total. The summed E-state index contributed by atoms with van der Waals surface area (Å²) in [7, 11) is 4.10. The Labute approximate surface area is 194 Å². The van der Waals surface area contributed by atoms with E-state index >= 15 is 0 Å². The predicted molar refractivity (Wildman–Crippen MR) is 130 cm³/mol. The van der Waals surface area contributed by atoms with Crippen LogP contribution in [0.25, 0.3) is 11.0 Å². The summed E-state index contributed by atoms with van der Waals surface area (Å²) in [6.45, 7) is 0. The van der Waals surface area contributed by atoms with Crippen molar-refractivity contribution in [1.29, 1.82) is 0 Å². The van der Waals surface area contributed by atoms with E-state index < -0.39 is 0 Å². The van der Waals surface area contributed by atoms with Crippen molar-refractivity contribution in [3.63, 3.8) is 0 Å². The van der Waals surface area contributed by atoms with Gasteiger partial charge in [0.15, 0.2) is 0 Å². The maximum atomic E-state index is 12.7. The molecule has 2 aromatic heterocycles. The molecule has 1 aromatic carbocycles. The molecule has 0 atom stereocenters. The SMILES string of the molecule is CN(C)c1nc(N[C@H]2CC[C@@H](NC(=O)c3cnc4ccccc4n3)CC2)nc2c1CCCC2. The molecular weight excluding hydrogens is 414 g/mol. The van der Waals surface area contributed by atoms with Gasteiger partial charge in [-0.1, -0.05) is 12.1 Å². The van der Waals surface area contributed by atoms with Gasteiger partial charge in [-0.2, -0.15) is 4.98 Å². The second-order valence-electron chi connectivity index (χ2n) is 9.31. The maximum absolute atomic E-state index is 12.7. The number of para-hydroxylation sites is 2. The molecule has 2 aliphatic carbocycles. The average Bonchev–Trinajstić information content (AvgIpc) is 2.84. The molecule has 33 heavy (non-hydrogen) atoms. The van der Waals surface area contributed by atoms with Gasteiger partial charge in [-0.05, 0) is 63.5 Å². The third-order valence-corrected chi connectivity index (χ3v) is 6.66. The fourth-order valence-electron chi connectivity index (χ4n) is 4.90. The molecule has 2 aliphatic rings. The maximum Gasteiger partial charge on any atom is 0.271 e. The van der Waals surface area contributed by atoms with E-state index in [0.29, 0.717) is 11.7 Å². The van der Waals surface area contributed by atoms with Crippen molar-refractivity contribution in [3.8, 4) is 0 Å². The Kier molecular flexibility index (Phi) is 6.07. The van der Waals surface area contributed by atoms with Crippen molar-refractivity contribution in [1.82, 2.24) is 25.3 Å². The second kappa shape index (κ2) is 9.29. The molecule has 0 radical (unpaired) electrons. The highest BCUT2D eigenvalue weighted by Crippen LogP contribution is 2.29. The van der Waals surface area contributed by atoms with Gasteiger partial charge in [0, 0.05) is 31.7 Å². The normalized spacial score (nSPS) is 20.2. The monoisotopic (exact) mass is 445 g/mol. The summed E-state index contributed by atoms with van der Waals surface area (Å²) in [5.41, 5.74) is 4.40. The van der Waals surface area contributed by atoms with Gasteiger partial charge in [-0.3, -0.25) is 9.78 Å². The Morgan fingerprint density at radius 2 is 1.67 bits per heavy atom. The molecule has 2 heterocycles. The molecule has 1 saturated carbocycles. The zero-order chi connectivity index (χ0) is 22.8. The number of nitrogens with zero attached hydrogens (tertiary/aromatic N) is 5. The summed E-state index contributed by atoms with van der Waals surface area (Å²) in [5, 5.41) is 6.71. The van der Waals surface area contributed by atoms with Crippen LogP contribution in [0, 0.1) is 0 Å². The van der Waals surface area contributed by atoms with Crippen molar-refractivity contribution < 1.29 is 4.79 Å². The number of hydrogen-bond acceptors (Lipinski definition) is 7. The Morgan fingerprint density at radius 1 is 0.939 bits per heavy atom. The molecular formula is C25H31N7O. The molecule has 1 fully saturated rings. The molecule has 8 nitrogen and oxygen atoms in total. The Hall–Kier alpha value is -3.29. The number of aryl methyl sites for hydroxylation is 1. The quantitative estimate of drug-likeness (QED) is 0.620. The van der Waals surface area contributed by atoms with Crippen LogP contribution in [-0.2, 0) is 12.8 Å². The lowest BCUT2D eigenvalue weighted by atomic mass is 9.91. The van der Waals surface area contributed by atoms with Crippen molar-refractivity contribution in [2.45, 2.75) is 63.5 Å². The average molecular weight is 446 g/mol. The smallest absolute Gasteiger partial charge is 0.271 e. The number of anilines is 2. The van der Waals surface area contributed by atoms with Crippen LogP contribution < -0.4 is 15.5 Å². The zero-order valence-corrected chi connectivity index (χ0v) is 19.3. The Bertz CT molecular complexity index is 1150. The van der Waals surface area contributed by atoms with E-state index in [9.17, 15) is 4.79 Å². The number of carbonyl (C=O) groups is 1. The summed E-state index contributed by atoms with van der Waals surface area (Å²) in [6.07, 6.45) is 9.82. The van der Waals surface area contributed by atoms with Crippen molar-refractivity contribution >= 4 is 28.7 Å². The largest absolute Gasteiger partial charge is 0.362 e. The number of hydrogen-bond donors (Lipinski definition) is 2. The summed E-state index contributed by atoms with van der Waals surface area (Å²) >= 11 is 0. The summed E-state index contributed by atoms with van der Waals surface area (Å²) in [4.78, 5) is 33.3. The third kappa shape index (κ3) is 4.74. The lowest BCUT2D eigenvalue weighted by Crippen LogP contribution is -2.40. The number of fused-ring (bicyclic) bond motifs is 2. The lowest BCUT2D eigenvalue weighted by molar-refractivity contribution is 0.0921. The Balaban J connectivity index is 1.19. The predicted octanol–water partition coefficient (Wildman–Crippen LogP) is 3.52. The van der Waals surface area contributed by atoms with Gasteiger partial charge in [0.05, 0.1) is 22.9 Å². The van der Waals surface area contributed by atoms with Crippen LogP contribution in [0.2, 0.25) is 0 Å². The van der Waals surface area contributed by atoms with Crippen LogP contribution in [0.3, 0.4) is 0 Å². The molecule has 8 heteroatoms. The van der Waals surface area contributed by atoms with Crippen LogP contribution in [0.1, 0.15) is 60.3 Å². The number of amides is 1. The topological polar surface area (TPSA) is 95.9 Å². The first kappa shape index (κ1) is 21.6. The second-order valence-corrected chi connectivity index (χ2v) is 9.31. The standard InChI is InChI=1S/C25H31N7O/c1-32(2)23-18-7-3-4-8-19(18)30-25(31-23)28-17-13-11-16(12-14-17)27-24(33)22-15-26-20-9-5-6-10-21(20)29-22/h5-6,9-10,15-17H,3-4,7-8,11-14H2,1-2H3,(H,27,33)(H,28,30,31)/t16-,17+. The molecule has 0 aliphatic heterocycles. The first-order chi connectivity index (χ1) is 16.1. The highest BCUT2D eigenvalue weighted by molar-refractivity contribution is 5.93. The van der Waals surface area contributed by atoms with Crippen molar-refractivity contribution in [2.75, 3.05) is 24.3 Å². The van der Waals surface area contributed by atoms with Gasteiger partial charge in [0.2, 0.25) is 5.95 Å². The van der Waals surface area contributed by atoms with E-state index in [2.05, 4.69) is 39.6 Å². The third-order valence-electron chi connectivity index (χ3n) is 6.66. The zero-order valence-electron chi connectivity index (χ0n) is 19.3. The van der Waals surface area contributed by atoms with E-state index in [0.717, 1.165) is 61.3 Å². The Morgan fingerprint density at radius 3 is 2.45 bits per heavy atom. The van der Waals surface area contributed by atoms with E-state index in [1.807, 2.05) is 24.3 Å². The van der Waals surface area contributed by atoms with Gasteiger partial charge in [-0.15, -0.1) is 0 Å². The number of nitrogens with one attached hydrogen (secondary N) is 2. The van der Waals surface area contributed by atoms with Crippen LogP contribution in [0.4, 0.5) is 11.8 Å². The van der Waals surface area contributed by atoms with Crippen LogP contribution in [0.5, 0.6) is 0 Å². The summed E-state index contributed by atoms with van der Waals surface area (Å²) in [5.74, 6) is 1.62. The number of rotatable bonds is 5. The van der Waals surface area contributed by atoms with E-state index in [-0.39, 0.29) is 11.9 Å². The minimum Gasteiger partial charge on any atom is -0.362 e. The molecule has 0 unspecified atom stereocenters. The highest BCUT2D eigenvalue weighted by Gasteiger charge is 2.25. The first-order valence-corrected chi connectivity index (χ1v) is 11.9. The van der Waals surface area contributed by atoms with Crippen LogP contribution in [0.15, 0.2) is 30.5 Å². The molecule has 3 aromatic rings. The summed E-state index contributed by atoms with van der Waals surface area (Å²) < 4.78 is 0. The van der Waals surface area contributed by atoms with E-state index in [1.165, 1.54) is 24.1 Å². The molecule has 0 bridgehead atoms. The fourth-order valence-corrected chi connectivity index (χ4v) is 4.90. The highest BCUT2D eigenvalue weighted by atomic mass is 16.1. The molecule has 172 valence electrons. The minimum absolute atomic E-state index is 0.144. The van der Waals surface area contributed by atoms with Crippen LogP contribution in [-0.4, -0.2) is 52.0 Å².